The minimum Gasteiger partial charge on any atom is -0.451 e. The highest BCUT2D eigenvalue weighted by Crippen LogP contribution is 2.35. The van der Waals surface area contributed by atoms with Gasteiger partial charge in [-0.05, 0) is 12.1 Å². The fourth-order valence-corrected chi connectivity index (χ4v) is 2.18. The van der Waals surface area contributed by atoms with Gasteiger partial charge in [0.25, 0.3) is 5.79 Å². The summed E-state index contributed by atoms with van der Waals surface area (Å²) in [5.74, 6) is -0.374. The largest absolute Gasteiger partial charge is 0.451 e. The van der Waals surface area contributed by atoms with E-state index in [1.807, 2.05) is 18.2 Å². The first-order valence-electron chi connectivity index (χ1n) is 5.51. The Morgan fingerprint density at radius 2 is 1.82 bits per heavy atom. The summed E-state index contributed by atoms with van der Waals surface area (Å²) in [5, 5.41) is 3.22. The predicted molar refractivity (Wildman–Crippen MR) is 64.6 cm³/mol. The molecule has 1 aromatic rings. The molecule has 5 heteroatoms. The van der Waals surface area contributed by atoms with Crippen molar-refractivity contribution in [2.24, 2.45) is 0 Å². The van der Waals surface area contributed by atoms with Crippen molar-refractivity contribution in [2.75, 3.05) is 13.1 Å². The van der Waals surface area contributed by atoms with Crippen LogP contribution >= 0.6 is 12.4 Å². The van der Waals surface area contributed by atoms with Crippen LogP contribution < -0.4 is 10.1 Å². The van der Waals surface area contributed by atoms with Crippen molar-refractivity contribution >= 4 is 18.4 Å². The normalized spacial score (nSPS) is 20.8. The maximum absolute atomic E-state index is 11.8. The Labute approximate surface area is 106 Å². The van der Waals surface area contributed by atoms with Gasteiger partial charge in [-0.2, -0.15) is 0 Å². The van der Waals surface area contributed by atoms with Gasteiger partial charge in [0, 0.05) is 25.9 Å². The molecule has 1 saturated heterocycles. The number of fused-ring (bicyclic) bond motifs is 1. The number of halogens is 1. The SMILES string of the molecule is Cl.O=C1OC2(CCNCC2)Oc2ccccc21. The lowest BCUT2D eigenvalue weighted by molar-refractivity contribution is -0.168. The molecular formula is C12H14ClNO3. The summed E-state index contributed by atoms with van der Waals surface area (Å²) in [6.45, 7) is 1.63. The summed E-state index contributed by atoms with van der Waals surface area (Å²) in [4.78, 5) is 11.8. The Balaban J connectivity index is 0.00000108. The molecule has 1 fully saturated rings. The smallest absolute Gasteiger partial charge is 0.345 e. The zero-order valence-corrected chi connectivity index (χ0v) is 10.1. The molecule has 0 aromatic heterocycles. The molecule has 1 aromatic carbocycles. The molecule has 1 N–H and O–H groups in total. The minimum atomic E-state index is -0.739. The summed E-state index contributed by atoms with van der Waals surface area (Å²) in [7, 11) is 0. The highest BCUT2D eigenvalue weighted by molar-refractivity contribution is 5.93. The van der Waals surface area contributed by atoms with E-state index < -0.39 is 5.79 Å². The van der Waals surface area contributed by atoms with Crippen molar-refractivity contribution in [1.29, 1.82) is 0 Å². The fourth-order valence-electron chi connectivity index (χ4n) is 2.18. The minimum absolute atomic E-state index is 0. The van der Waals surface area contributed by atoms with Crippen molar-refractivity contribution in [3.05, 3.63) is 29.8 Å². The number of ether oxygens (including phenoxy) is 2. The molecule has 0 bridgehead atoms. The van der Waals surface area contributed by atoms with Gasteiger partial charge in [0.05, 0.1) is 0 Å². The van der Waals surface area contributed by atoms with E-state index >= 15 is 0 Å². The molecule has 17 heavy (non-hydrogen) atoms. The molecule has 0 atom stereocenters. The molecule has 2 aliphatic rings. The van der Waals surface area contributed by atoms with Crippen LogP contribution in [-0.4, -0.2) is 24.8 Å². The number of para-hydroxylation sites is 1. The van der Waals surface area contributed by atoms with E-state index in [2.05, 4.69) is 5.32 Å². The van der Waals surface area contributed by atoms with Crippen LogP contribution in [0.15, 0.2) is 24.3 Å². The van der Waals surface area contributed by atoms with Crippen LogP contribution in [0.5, 0.6) is 5.75 Å². The Hall–Kier alpha value is -1.26. The van der Waals surface area contributed by atoms with Crippen LogP contribution in [0.4, 0.5) is 0 Å². The van der Waals surface area contributed by atoms with Gasteiger partial charge < -0.3 is 14.8 Å². The van der Waals surface area contributed by atoms with E-state index in [9.17, 15) is 4.79 Å². The molecule has 1 spiro atoms. The van der Waals surface area contributed by atoms with Crippen molar-refractivity contribution in [2.45, 2.75) is 18.6 Å². The highest BCUT2D eigenvalue weighted by atomic mass is 35.5. The van der Waals surface area contributed by atoms with Crippen LogP contribution in [0.1, 0.15) is 23.2 Å². The van der Waals surface area contributed by atoms with Gasteiger partial charge in [-0.25, -0.2) is 4.79 Å². The van der Waals surface area contributed by atoms with Crippen LogP contribution in [-0.2, 0) is 4.74 Å². The first-order valence-corrected chi connectivity index (χ1v) is 5.51. The average molecular weight is 256 g/mol. The summed E-state index contributed by atoms with van der Waals surface area (Å²) in [6, 6.07) is 7.22. The summed E-state index contributed by atoms with van der Waals surface area (Å²) >= 11 is 0. The lowest BCUT2D eigenvalue weighted by Crippen LogP contribution is -2.51. The lowest BCUT2D eigenvalue weighted by atomic mass is 10.0. The van der Waals surface area contributed by atoms with Crippen molar-refractivity contribution in [1.82, 2.24) is 5.32 Å². The first kappa shape index (κ1) is 12.2. The molecule has 4 nitrogen and oxygen atoms in total. The van der Waals surface area contributed by atoms with E-state index in [0.717, 1.165) is 13.1 Å². The Morgan fingerprint density at radius 3 is 2.59 bits per heavy atom. The number of carbonyl (C=O) groups is 1. The molecule has 0 aliphatic carbocycles. The third kappa shape index (κ3) is 2.10. The van der Waals surface area contributed by atoms with Gasteiger partial charge in [0.1, 0.15) is 11.3 Å². The van der Waals surface area contributed by atoms with Crippen molar-refractivity contribution in [3.8, 4) is 5.75 Å². The molecular weight excluding hydrogens is 242 g/mol. The molecule has 2 aliphatic heterocycles. The zero-order chi connectivity index (χ0) is 11.0. The number of esters is 1. The fraction of sp³-hybridized carbons (Fsp3) is 0.417. The monoisotopic (exact) mass is 255 g/mol. The topological polar surface area (TPSA) is 47.6 Å². The molecule has 2 heterocycles. The van der Waals surface area contributed by atoms with Crippen LogP contribution in [0.2, 0.25) is 0 Å². The van der Waals surface area contributed by atoms with Crippen LogP contribution in [0.3, 0.4) is 0 Å². The van der Waals surface area contributed by atoms with Gasteiger partial charge in [-0.3, -0.25) is 0 Å². The molecule has 0 radical (unpaired) electrons. The quantitative estimate of drug-likeness (QED) is 0.718. The van der Waals surface area contributed by atoms with Gasteiger partial charge in [0.15, 0.2) is 0 Å². The molecule has 0 amide bonds. The number of benzene rings is 1. The molecule has 3 rings (SSSR count). The van der Waals surface area contributed by atoms with E-state index in [-0.39, 0.29) is 18.4 Å². The number of piperidine rings is 1. The Kier molecular flexibility index (Phi) is 3.26. The maximum Gasteiger partial charge on any atom is 0.345 e. The summed E-state index contributed by atoms with van der Waals surface area (Å²) in [5.41, 5.74) is 0.520. The highest BCUT2D eigenvalue weighted by Gasteiger charge is 2.42. The van der Waals surface area contributed by atoms with E-state index in [1.165, 1.54) is 0 Å². The van der Waals surface area contributed by atoms with E-state index in [4.69, 9.17) is 9.47 Å². The van der Waals surface area contributed by atoms with E-state index in [0.29, 0.717) is 24.2 Å². The molecule has 0 saturated carbocycles. The van der Waals surface area contributed by atoms with Gasteiger partial charge in [0.2, 0.25) is 0 Å². The van der Waals surface area contributed by atoms with Crippen molar-refractivity contribution < 1.29 is 14.3 Å². The predicted octanol–water partition coefficient (Wildman–Crippen LogP) is 1.74. The van der Waals surface area contributed by atoms with Crippen LogP contribution in [0, 0.1) is 0 Å². The number of nitrogens with one attached hydrogen (secondary N) is 1. The second-order valence-corrected chi connectivity index (χ2v) is 4.15. The summed E-state index contributed by atoms with van der Waals surface area (Å²) in [6.07, 6.45) is 1.40. The zero-order valence-electron chi connectivity index (χ0n) is 9.27. The first-order chi connectivity index (χ1) is 7.79. The number of rotatable bonds is 0. The maximum atomic E-state index is 11.8. The summed E-state index contributed by atoms with van der Waals surface area (Å²) < 4.78 is 11.3. The average Bonchev–Trinajstić information content (AvgIpc) is 2.30. The Morgan fingerprint density at radius 1 is 1.12 bits per heavy atom. The number of hydrogen-bond acceptors (Lipinski definition) is 4. The van der Waals surface area contributed by atoms with E-state index in [1.54, 1.807) is 6.07 Å². The van der Waals surface area contributed by atoms with Crippen LogP contribution in [0.25, 0.3) is 0 Å². The third-order valence-corrected chi connectivity index (χ3v) is 3.05. The third-order valence-electron chi connectivity index (χ3n) is 3.05. The number of hydrogen-bond donors (Lipinski definition) is 1. The standard InChI is InChI=1S/C12H13NO3.ClH/c14-11-9-3-1-2-4-10(9)15-12(16-11)5-7-13-8-6-12;/h1-4,13H,5-8H2;1H. The second-order valence-electron chi connectivity index (χ2n) is 4.15. The number of carbonyl (C=O) groups excluding carboxylic acids is 1. The Bertz CT molecular complexity index is 430. The lowest BCUT2D eigenvalue weighted by Gasteiger charge is -2.40. The molecule has 92 valence electrons. The van der Waals surface area contributed by atoms with Gasteiger partial charge in [-0.1, -0.05) is 12.1 Å². The van der Waals surface area contributed by atoms with Gasteiger partial charge >= 0.3 is 5.97 Å². The molecule has 0 unspecified atom stereocenters. The van der Waals surface area contributed by atoms with Gasteiger partial charge in [-0.15, -0.1) is 12.4 Å². The van der Waals surface area contributed by atoms with Crippen molar-refractivity contribution in [3.63, 3.8) is 0 Å². The second kappa shape index (κ2) is 4.55.